The highest BCUT2D eigenvalue weighted by molar-refractivity contribution is 7.98. The zero-order valence-electron chi connectivity index (χ0n) is 11.6. The smallest absolute Gasteiger partial charge is 0.354 e. The third-order valence-corrected chi connectivity index (χ3v) is 4.38. The van der Waals surface area contributed by atoms with Crippen LogP contribution in [-0.2, 0) is 4.74 Å². The average molecular weight is 291 g/mol. The Morgan fingerprint density at radius 3 is 2.85 bits per heavy atom. The molecule has 0 radical (unpaired) electrons. The first-order chi connectivity index (χ1) is 9.74. The number of hydrogen-bond donors (Lipinski definition) is 0. The second kappa shape index (κ2) is 5.44. The SMILES string of the molecule is COC(=O)c1cc2cnc(SC)nc2n1C1CCCC1. The molecule has 20 heavy (non-hydrogen) atoms. The first kappa shape index (κ1) is 13.4. The zero-order chi connectivity index (χ0) is 14.1. The van der Waals surface area contributed by atoms with Gasteiger partial charge in [-0.05, 0) is 25.2 Å². The van der Waals surface area contributed by atoms with E-state index in [2.05, 4.69) is 14.5 Å². The van der Waals surface area contributed by atoms with Crippen LogP contribution in [0.25, 0.3) is 11.0 Å². The van der Waals surface area contributed by atoms with Crippen LogP contribution in [0.3, 0.4) is 0 Å². The predicted molar refractivity (Wildman–Crippen MR) is 78.2 cm³/mol. The van der Waals surface area contributed by atoms with E-state index in [1.54, 1.807) is 6.20 Å². The molecule has 0 N–H and O–H groups in total. The number of hydrogen-bond acceptors (Lipinski definition) is 5. The Bertz CT molecular complexity index is 647. The first-order valence-corrected chi connectivity index (χ1v) is 7.97. The van der Waals surface area contributed by atoms with Gasteiger partial charge < -0.3 is 9.30 Å². The van der Waals surface area contributed by atoms with Crippen LogP contribution >= 0.6 is 11.8 Å². The molecule has 0 aromatic carbocycles. The molecule has 2 heterocycles. The summed E-state index contributed by atoms with van der Waals surface area (Å²) >= 11 is 1.51. The average Bonchev–Trinajstić information content (AvgIpc) is 3.11. The summed E-state index contributed by atoms with van der Waals surface area (Å²) in [6.45, 7) is 0. The highest BCUT2D eigenvalue weighted by Crippen LogP contribution is 2.34. The summed E-state index contributed by atoms with van der Waals surface area (Å²) in [6, 6.07) is 2.18. The van der Waals surface area contributed by atoms with Gasteiger partial charge in [0.25, 0.3) is 0 Å². The van der Waals surface area contributed by atoms with Crippen LogP contribution in [0.2, 0.25) is 0 Å². The Morgan fingerprint density at radius 2 is 2.20 bits per heavy atom. The van der Waals surface area contributed by atoms with Gasteiger partial charge in [0.2, 0.25) is 0 Å². The van der Waals surface area contributed by atoms with Crippen LogP contribution in [0.15, 0.2) is 17.4 Å². The number of fused-ring (bicyclic) bond motifs is 1. The molecule has 6 heteroatoms. The largest absolute Gasteiger partial charge is 0.464 e. The van der Waals surface area contributed by atoms with E-state index in [0.717, 1.165) is 29.0 Å². The van der Waals surface area contributed by atoms with Crippen molar-refractivity contribution in [2.24, 2.45) is 0 Å². The normalized spacial score (nSPS) is 15.9. The maximum Gasteiger partial charge on any atom is 0.354 e. The standard InChI is InChI=1S/C14H17N3O2S/c1-19-13(18)11-7-9-8-15-14(20-2)16-12(9)17(11)10-5-3-4-6-10/h7-8,10H,3-6H2,1-2H3. The van der Waals surface area contributed by atoms with Gasteiger partial charge in [-0.15, -0.1) is 0 Å². The lowest BCUT2D eigenvalue weighted by molar-refractivity contribution is 0.0586. The van der Waals surface area contributed by atoms with Crippen LogP contribution in [-0.4, -0.2) is 33.9 Å². The molecule has 0 bridgehead atoms. The van der Waals surface area contributed by atoms with E-state index in [4.69, 9.17) is 4.74 Å². The van der Waals surface area contributed by atoms with E-state index < -0.39 is 0 Å². The molecule has 1 saturated carbocycles. The van der Waals surface area contributed by atoms with Crippen molar-refractivity contribution >= 4 is 28.8 Å². The van der Waals surface area contributed by atoms with Gasteiger partial charge in [0.05, 0.1) is 7.11 Å². The van der Waals surface area contributed by atoms with Crippen LogP contribution in [0.5, 0.6) is 0 Å². The van der Waals surface area contributed by atoms with Crippen molar-refractivity contribution < 1.29 is 9.53 Å². The molecule has 1 fully saturated rings. The van der Waals surface area contributed by atoms with Gasteiger partial charge >= 0.3 is 5.97 Å². The van der Waals surface area contributed by atoms with Crippen LogP contribution < -0.4 is 0 Å². The Morgan fingerprint density at radius 1 is 1.45 bits per heavy atom. The van der Waals surface area contributed by atoms with Gasteiger partial charge in [-0.25, -0.2) is 14.8 Å². The van der Waals surface area contributed by atoms with E-state index >= 15 is 0 Å². The first-order valence-electron chi connectivity index (χ1n) is 6.75. The van der Waals surface area contributed by atoms with Gasteiger partial charge in [0.1, 0.15) is 11.3 Å². The van der Waals surface area contributed by atoms with E-state index in [1.807, 2.05) is 12.3 Å². The molecule has 0 spiro atoms. The Kier molecular flexibility index (Phi) is 3.65. The number of aromatic nitrogens is 3. The van der Waals surface area contributed by atoms with Crippen molar-refractivity contribution in [1.82, 2.24) is 14.5 Å². The third kappa shape index (κ3) is 2.18. The maximum atomic E-state index is 12.0. The number of methoxy groups -OCH3 is 1. The molecule has 0 atom stereocenters. The maximum absolute atomic E-state index is 12.0. The van der Waals surface area contributed by atoms with Gasteiger partial charge in [-0.2, -0.15) is 0 Å². The summed E-state index contributed by atoms with van der Waals surface area (Å²) in [7, 11) is 1.41. The lowest BCUT2D eigenvalue weighted by atomic mass is 10.2. The van der Waals surface area contributed by atoms with Crippen molar-refractivity contribution in [3.05, 3.63) is 18.0 Å². The monoisotopic (exact) mass is 291 g/mol. The number of carbonyl (C=O) groups is 1. The van der Waals surface area contributed by atoms with Crippen molar-refractivity contribution in [1.29, 1.82) is 0 Å². The summed E-state index contributed by atoms with van der Waals surface area (Å²) in [6.07, 6.45) is 8.31. The molecule has 0 saturated heterocycles. The molecule has 5 nitrogen and oxygen atoms in total. The molecular weight excluding hydrogens is 274 g/mol. The molecule has 1 aliphatic rings. The molecule has 2 aromatic heterocycles. The minimum absolute atomic E-state index is 0.305. The van der Waals surface area contributed by atoms with E-state index in [9.17, 15) is 4.79 Å². The molecule has 0 amide bonds. The van der Waals surface area contributed by atoms with Gasteiger partial charge in [0.15, 0.2) is 5.16 Å². The Labute approximate surface area is 121 Å². The summed E-state index contributed by atoms with van der Waals surface area (Å²) in [4.78, 5) is 20.9. The summed E-state index contributed by atoms with van der Waals surface area (Å²) < 4.78 is 6.96. The van der Waals surface area contributed by atoms with Gasteiger partial charge in [-0.1, -0.05) is 24.6 Å². The van der Waals surface area contributed by atoms with Crippen LogP contribution in [0.4, 0.5) is 0 Å². The molecule has 3 rings (SSSR count). The number of nitrogens with zero attached hydrogens (tertiary/aromatic N) is 3. The van der Waals surface area contributed by atoms with E-state index in [1.165, 1.54) is 31.7 Å². The van der Waals surface area contributed by atoms with Crippen molar-refractivity contribution in [3.63, 3.8) is 0 Å². The van der Waals surface area contributed by atoms with Gasteiger partial charge in [-0.3, -0.25) is 0 Å². The van der Waals surface area contributed by atoms with Gasteiger partial charge in [0, 0.05) is 17.6 Å². The summed E-state index contributed by atoms with van der Waals surface area (Å²) in [5.74, 6) is -0.305. The predicted octanol–water partition coefficient (Wildman–Crippen LogP) is 3.05. The highest BCUT2D eigenvalue weighted by Gasteiger charge is 2.26. The minimum Gasteiger partial charge on any atom is -0.464 e. The number of rotatable bonds is 3. The number of carbonyl (C=O) groups excluding carboxylic acids is 1. The Hall–Kier alpha value is -1.56. The number of thioether (sulfide) groups is 1. The fourth-order valence-electron chi connectivity index (χ4n) is 2.88. The molecule has 0 unspecified atom stereocenters. The molecule has 0 aliphatic heterocycles. The topological polar surface area (TPSA) is 57.0 Å². The fraction of sp³-hybridized carbons (Fsp3) is 0.500. The van der Waals surface area contributed by atoms with Crippen molar-refractivity contribution in [2.75, 3.05) is 13.4 Å². The minimum atomic E-state index is -0.305. The quantitative estimate of drug-likeness (QED) is 0.494. The number of ether oxygens (including phenoxy) is 1. The highest BCUT2D eigenvalue weighted by atomic mass is 32.2. The number of esters is 1. The summed E-state index contributed by atoms with van der Waals surface area (Å²) in [5.41, 5.74) is 1.43. The molecule has 2 aromatic rings. The molecular formula is C14H17N3O2S. The second-order valence-electron chi connectivity index (χ2n) is 4.97. The third-order valence-electron chi connectivity index (χ3n) is 3.82. The summed E-state index contributed by atoms with van der Waals surface area (Å²) in [5, 5.41) is 1.63. The zero-order valence-corrected chi connectivity index (χ0v) is 12.4. The Balaban J connectivity index is 2.21. The van der Waals surface area contributed by atoms with E-state index in [-0.39, 0.29) is 5.97 Å². The lowest BCUT2D eigenvalue weighted by Gasteiger charge is -2.16. The second-order valence-corrected chi connectivity index (χ2v) is 5.74. The van der Waals surface area contributed by atoms with E-state index in [0.29, 0.717) is 11.7 Å². The molecule has 106 valence electrons. The molecule has 1 aliphatic carbocycles. The fourth-order valence-corrected chi connectivity index (χ4v) is 3.22. The van der Waals surface area contributed by atoms with Crippen molar-refractivity contribution in [3.8, 4) is 0 Å². The van der Waals surface area contributed by atoms with Crippen LogP contribution in [0.1, 0.15) is 42.2 Å². The van der Waals surface area contributed by atoms with Crippen molar-refractivity contribution in [2.45, 2.75) is 36.9 Å². The van der Waals surface area contributed by atoms with Crippen LogP contribution in [0, 0.1) is 0 Å². The lowest BCUT2D eigenvalue weighted by Crippen LogP contribution is -2.14.